The van der Waals surface area contributed by atoms with Crippen LogP contribution < -0.4 is 26.3 Å². The highest BCUT2D eigenvalue weighted by molar-refractivity contribution is 8.01. The molecule has 0 bridgehead atoms. The second-order valence-electron chi connectivity index (χ2n) is 12.9. The van der Waals surface area contributed by atoms with Crippen LogP contribution in [-0.4, -0.2) is 86.6 Å². The normalized spacial score (nSPS) is 25.2. The van der Waals surface area contributed by atoms with E-state index in [-0.39, 0.29) is 11.6 Å². The number of aliphatic carboxylic acids is 1. The van der Waals surface area contributed by atoms with E-state index in [4.69, 9.17) is 0 Å². The number of fused-ring (bicyclic) bond motifs is 1. The Balaban J connectivity index is 1.18. The van der Waals surface area contributed by atoms with Gasteiger partial charge in [-0.05, 0) is 44.9 Å². The number of aromatic nitrogens is 1. The lowest BCUT2D eigenvalue weighted by Gasteiger charge is -2.44. The van der Waals surface area contributed by atoms with Gasteiger partial charge < -0.3 is 35.4 Å². The minimum Gasteiger partial charge on any atom is -0.480 e. The average Bonchev–Trinajstić information content (AvgIpc) is 3.51. The molecule has 5 atom stereocenters. The number of nitrogens with zero attached hydrogens (tertiary/aromatic N) is 3. The fraction of sp³-hybridized carbons (Fsp3) is 0.424. The third-order valence-electron chi connectivity index (χ3n) is 9.59. The Bertz CT molecular complexity index is 1840. The molecule has 12 nitrogen and oxygen atoms in total. The maximum Gasteiger partial charge on any atom is 0.327 e. The van der Waals surface area contributed by atoms with Crippen molar-refractivity contribution in [1.29, 1.82) is 0 Å². The van der Waals surface area contributed by atoms with Gasteiger partial charge in [-0.25, -0.2) is 4.79 Å². The molecule has 4 aliphatic heterocycles. The lowest BCUT2D eigenvalue weighted by atomic mass is 9.95. The molecule has 13 heteroatoms. The maximum atomic E-state index is 13.9. The first-order valence-corrected chi connectivity index (χ1v) is 16.4. The van der Waals surface area contributed by atoms with Crippen LogP contribution in [0.25, 0.3) is 10.9 Å². The number of amides is 3. The summed E-state index contributed by atoms with van der Waals surface area (Å²) in [6.45, 7) is 9.12. The van der Waals surface area contributed by atoms with Crippen LogP contribution in [0.15, 0.2) is 53.5 Å². The molecular formula is C33H36N6O6S. The van der Waals surface area contributed by atoms with E-state index in [9.17, 15) is 29.1 Å². The lowest BCUT2D eigenvalue weighted by molar-refractivity contribution is -0.161. The summed E-state index contributed by atoms with van der Waals surface area (Å²) < 4.78 is 1.24. The summed E-state index contributed by atoms with van der Waals surface area (Å²) in [6.07, 6.45) is 2.33. The standard InChI is InChI=1S/C33H36N6O6S/c1-17-15-20-22(37-13-11-34-12-14-37)10-9-19-25(20)38(17)16-21(26(19)40)28(41)35-23(18-7-5-4-6-8-18)29(42)36-24-30(43)39-27(32(44)45)33(2,3)46-31(24)39/h4-10,16-17,23-24,27,31,34H,11-15H2,1-3H3,(H,35,41)(H,36,42)(H,44,45). The van der Waals surface area contributed by atoms with Crippen molar-refractivity contribution in [3.8, 4) is 0 Å². The van der Waals surface area contributed by atoms with E-state index in [1.165, 1.54) is 16.7 Å². The summed E-state index contributed by atoms with van der Waals surface area (Å²) in [4.78, 5) is 70.1. The minimum absolute atomic E-state index is 0.0253. The van der Waals surface area contributed by atoms with Crippen LogP contribution in [0.2, 0.25) is 0 Å². The van der Waals surface area contributed by atoms with Gasteiger partial charge in [0.2, 0.25) is 17.2 Å². The van der Waals surface area contributed by atoms with Crippen molar-refractivity contribution in [2.45, 2.75) is 61.5 Å². The van der Waals surface area contributed by atoms with Crippen LogP contribution >= 0.6 is 11.8 Å². The molecule has 5 heterocycles. The molecule has 1 aromatic heterocycles. The van der Waals surface area contributed by atoms with Gasteiger partial charge in [-0.1, -0.05) is 30.3 Å². The zero-order valence-corrected chi connectivity index (χ0v) is 26.6. The van der Waals surface area contributed by atoms with E-state index in [0.717, 1.165) is 49.4 Å². The SMILES string of the molecule is CC1Cc2c(N3CCNCC3)ccc3c(=O)c(C(=O)NC(C(=O)NC4C(=O)N5C4SC(C)(C)C5C(=O)O)c4ccccc4)cn1c23. The third-order valence-corrected chi connectivity index (χ3v) is 11.2. The Hall–Kier alpha value is -4.36. The van der Waals surface area contributed by atoms with Gasteiger partial charge >= 0.3 is 5.97 Å². The van der Waals surface area contributed by atoms with Crippen molar-refractivity contribution >= 4 is 52.0 Å². The van der Waals surface area contributed by atoms with Crippen LogP contribution in [0.3, 0.4) is 0 Å². The van der Waals surface area contributed by atoms with Crippen molar-refractivity contribution in [3.63, 3.8) is 0 Å². The average molecular weight is 645 g/mol. The molecule has 0 radical (unpaired) electrons. The van der Waals surface area contributed by atoms with Gasteiger partial charge in [0.15, 0.2) is 0 Å². The van der Waals surface area contributed by atoms with Gasteiger partial charge in [0.1, 0.15) is 29.1 Å². The van der Waals surface area contributed by atoms with Crippen molar-refractivity contribution < 1.29 is 24.3 Å². The number of anilines is 1. The van der Waals surface area contributed by atoms with Crippen molar-refractivity contribution in [1.82, 2.24) is 25.4 Å². The molecule has 0 aliphatic carbocycles. The van der Waals surface area contributed by atoms with E-state index >= 15 is 0 Å². The summed E-state index contributed by atoms with van der Waals surface area (Å²) in [7, 11) is 0. The molecule has 4 aliphatic rings. The zero-order chi connectivity index (χ0) is 32.5. The second kappa shape index (κ2) is 11.2. The summed E-state index contributed by atoms with van der Waals surface area (Å²) in [6, 6.07) is 9.25. The summed E-state index contributed by atoms with van der Waals surface area (Å²) in [5.74, 6) is -2.91. The lowest BCUT2D eigenvalue weighted by Crippen LogP contribution is -2.71. The number of rotatable bonds is 7. The second-order valence-corrected chi connectivity index (χ2v) is 14.7. The summed E-state index contributed by atoms with van der Waals surface area (Å²) in [5, 5.41) is 18.6. The Morgan fingerprint density at radius 2 is 1.78 bits per heavy atom. The highest BCUT2D eigenvalue weighted by atomic mass is 32.2. The quantitative estimate of drug-likeness (QED) is 0.281. The van der Waals surface area contributed by atoms with Crippen LogP contribution in [0.1, 0.15) is 54.3 Å². The van der Waals surface area contributed by atoms with E-state index < -0.39 is 57.4 Å². The van der Waals surface area contributed by atoms with Crippen LogP contribution in [-0.2, 0) is 20.8 Å². The number of carbonyl (C=O) groups is 4. The molecule has 3 fully saturated rings. The first-order valence-electron chi connectivity index (χ1n) is 15.5. The summed E-state index contributed by atoms with van der Waals surface area (Å²) in [5.41, 5.74) is 3.06. The molecule has 7 rings (SSSR count). The molecule has 5 unspecified atom stereocenters. The molecule has 4 N–H and O–H groups in total. The van der Waals surface area contributed by atoms with Gasteiger partial charge in [0.25, 0.3) is 5.91 Å². The van der Waals surface area contributed by atoms with Crippen molar-refractivity contribution in [2.24, 2.45) is 0 Å². The number of thioether (sulfide) groups is 1. The van der Waals surface area contributed by atoms with Crippen LogP contribution in [0.5, 0.6) is 0 Å². The molecule has 3 amide bonds. The molecule has 3 saturated heterocycles. The Morgan fingerprint density at radius 1 is 1.07 bits per heavy atom. The topological polar surface area (TPSA) is 153 Å². The fourth-order valence-corrected chi connectivity index (χ4v) is 8.98. The highest BCUT2D eigenvalue weighted by Crippen LogP contribution is 2.50. The maximum absolute atomic E-state index is 13.9. The van der Waals surface area contributed by atoms with Gasteiger partial charge in [0.05, 0.1) is 5.52 Å². The number of nitrogens with one attached hydrogen (secondary N) is 3. The first kappa shape index (κ1) is 30.3. The van der Waals surface area contributed by atoms with Gasteiger partial charge in [0, 0.05) is 59.8 Å². The molecule has 0 spiro atoms. The predicted molar refractivity (Wildman–Crippen MR) is 174 cm³/mol. The smallest absolute Gasteiger partial charge is 0.327 e. The van der Waals surface area contributed by atoms with Gasteiger partial charge in [-0.15, -0.1) is 11.8 Å². The number of benzene rings is 2. The summed E-state index contributed by atoms with van der Waals surface area (Å²) >= 11 is 1.32. The number of β-lactam (4-membered cyclic amide) rings is 1. The molecule has 2 aromatic carbocycles. The number of carbonyl (C=O) groups excluding carboxylic acids is 3. The number of carboxylic acids is 1. The third kappa shape index (κ3) is 4.75. The van der Waals surface area contributed by atoms with Gasteiger partial charge in [-0.2, -0.15) is 0 Å². The number of hydrogen-bond donors (Lipinski definition) is 4. The Morgan fingerprint density at radius 3 is 2.48 bits per heavy atom. The zero-order valence-electron chi connectivity index (χ0n) is 25.8. The number of hydrogen-bond acceptors (Lipinski definition) is 8. The molecular weight excluding hydrogens is 608 g/mol. The van der Waals surface area contributed by atoms with Crippen LogP contribution in [0, 0.1) is 0 Å². The van der Waals surface area contributed by atoms with Crippen molar-refractivity contribution in [2.75, 3.05) is 31.1 Å². The Kier molecular flexibility index (Phi) is 7.35. The largest absolute Gasteiger partial charge is 0.480 e. The van der Waals surface area contributed by atoms with E-state index in [0.29, 0.717) is 10.9 Å². The molecule has 240 valence electrons. The van der Waals surface area contributed by atoms with Crippen molar-refractivity contribution in [3.05, 3.63) is 75.6 Å². The first-order chi connectivity index (χ1) is 22.0. The minimum atomic E-state index is -1.21. The van der Waals surface area contributed by atoms with Gasteiger partial charge in [-0.3, -0.25) is 19.2 Å². The van der Waals surface area contributed by atoms with Crippen LogP contribution in [0.4, 0.5) is 5.69 Å². The molecule has 3 aromatic rings. The number of carboxylic acid groups (broad SMARTS) is 1. The van der Waals surface area contributed by atoms with E-state index in [1.807, 2.05) is 10.6 Å². The monoisotopic (exact) mass is 644 g/mol. The van der Waals surface area contributed by atoms with E-state index in [1.54, 1.807) is 56.4 Å². The fourth-order valence-electron chi connectivity index (χ4n) is 7.35. The highest BCUT2D eigenvalue weighted by Gasteiger charge is 2.64. The molecule has 0 saturated carbocycles. The number of pyridine rings is 1. The Labute approximate surface area is 269 Å². The molecule has 46 heavy (non-hydrogen) atoms. The number of piperazine rings is 1. The predicted octanol–water partition coefficient (Wildman–Crippen LogP) is 1.63. The van der Waals surface area contributed by atoms with E-state index in [2.05, 4.69) is 27.8 Å².